The third-order valence-corrected chi connectivity index (χ3v) is 5.90. The van der Waals surface area contributed by atoms with E-state index in [1.807, 2.05) is 9.80 Å². The number of thioether (sulfide) groups is 1. The highest BCUT2D eigenvalue weighted by Gasteiger charge is 2.30. The third-order valence-electron chi connectivity index (χ3n) is 4.90. The van der Waals surface area contributed by atoms with Gasteiger partial charge in [0, 0.05) is 37.0 Å². The van der Waals surface area contributed by atoms with Crippen LogP contribution in [0.25, 0.3) is 0 Å². The maximum Gasteiger partial charge on any atom is 0.232 e. The molecule has 0 unspecified atom stereocenters. The number of carbonyl (C=O) groups is 2. The number of carbonyl (C=O) groups excluding carboxylic acids is 2. The van der Waals surface area contributed by atoms with E-state index >= 15 is 0 Å². The van der Waals surface area contributed by atoms with Crippen molar-refractivity contribution < 1.29 is 14.3 Å². The van der Waals surface area contributed by atoms with Gasteiger partial charge in [0.15, 0.2) is 0 Å². The molecule has 0 aromatic heterocycles. The molecule has 0 saturated carbocycles. The lowest BCUT2D eigenvalue weighted by molar-refractivity contribution is -0.143. The van der Waals surface area contributed by atoms with Crippen molar-refractivity contribution in [3.8, 4) is 0 Å². The van der Waals surface area contributed by atoms with Gasteiger partial charge in [0.25, 0.3) is 0 Å². The van der Waals surface area contributed by atoms with Gasteiger partial charge in [-0.2, -0.15) is 0 Å². The molecule has 6 heteroatoms. The number of hydrogen-bond donors (Lipinski definition) is 0. The van der Waals surface area contributed by atoms with Crippen LogP contribution in [0, 0.1) is 12.8 Å². The van der Waals surface area contributed by atoms with Crippen LogP contribution in [0.4, 0.5) is 0 Å². The van der Waals surface area contributed by atoms with Gasteiger partial charge in [0.2, 0.25) is 11.8 Å². The van der Waals surface area contributed by atoms with Gasteiger partial charge < -0.3 is 14.5 Å². The van der Waals surface area contributed by atoms with Crippen molar-refractivity contribution in [1.29, 1.82) is 0 Å². The molecule has 1 aromatic rings. The normalized spacial score (nSPS) is 19.1. The Morgan fingerprint density at radius 3 is 2.32 bits per heavy atom. The van der Waals surface area contributed by atoms with Crippen molar-refractivity contribution in [1.82, 2.24) is 9.80 Å². The van der Waals surface area contributed by atoms with Crippen LogP contribution in [0.2, 0.25) is 0 Å². The molecule has 3 rings (SSSR count). The van der Waals surface area contributed by atoms with E-state index < -0.39 is 0 Å². The minimum Gasteiger partial charge on any atom is -0.378 e. The molecule has 0 radical (unpaired) electrons. The molecule has 5 nitrogen and oxygen atoms in total. The van der Waals surface area contributed by atoms with E-state index in [1.54, 1.807) is 11.8 Å². The van der Waals surface area contributed by atoms with E-state index in [0.29, 0.717) is 45.1 Å². The largest absolute Gasteiger partial charge is 0.378 e. The van der Waals surface area contributed by atoms with Crippen molar-refractivity contribution >= 4 is 23.6 Å². The van der Waals surface area contributed by atoms with E-state index in [4.69, 9.17) is 4.74 Å². The van der Waals surface area contributed by atoms with Crippen LogP contribution in [0.15, 0.2) is 29.2 Å². The van der Waals surface area contributed by atoms with E-state index in [9.17, 15) is 9.59 Å². The van der Waals surface area contributed by atoms with Crippen LogP contribution in [-0.2, 0) is 14.3 Å². The highest BCUT2D eigenvalue weighted by Crippen LogP contribution is 2.23. The molecule has 136 valence electrons. The summed E-state index contributed by atoms with van der Waals surface area (Å²) in [5, 5.41) is 0. The number of hydrogen-bond acceptors (Lipinski definition) is 4. The lowest BCUT2D eigenvalue weighted by atomic mass is 9.95. The molecule has 1 aromatic carbocycles. The Hall–Kier alpha value is -1.53. The van der Waals surface area contributed by atoms with Gasteiger partial charge >= 0.3 is 0 Å². The molecule has 2 amide bonds. The summed E-state index contributed by atoms with van der Waals surface area (Å²) in [7, 11) is 0. The molecule has 0 N–H and O–H groups in total. The fourth-order valence-corrected chi connectivity index (χ4v) is 4.09. The molecule has 2 aliphatic rings. The molecular weight excluding hydrogens is 336 g/mol. The zero-order valence-electron chi connectivity index (χ0n) is 14.8. The van der Waals surface area contributed by atoms with Gasteiger partial charge in [0.1, 0.15) is 0 Å². The van der Waals surface area contributed by atoms with Crippen molar-refractivity contribution in [2.75, 3.05) is 45.1 Å². The first-order valence-electron chi connectivity index (χ1n) is 8.97. The standard InChI is InChI=1S/C19H26N2O3S/c1-15-2-4-17(5-3-15)25-14-18(22)20-8-6-16(7-9-20)19(23)21-10-12-24-13-11-21/h2-5,16H,6-14H2,1H3. The highest BCUT2D eigenvalue weighted by atomic mass is 32.2. The minimum atomic E-state index is 0.0619. The quantitative estimate of drug-likeness (QED) is 0.771. The van der Waals surface area contributed by atoms with Crippen molar-refractivity contribution in [2.24, 2.45) is 5.92 Å². The lowest BCUT2D eigenvalue weighted by Crippen LogP contribution is -2.47. The Balaban J connectivity index is 1.42. The SMILES string of the molecule is Cc1ccc(SCC(=O)N2CCC(C(=O)N3CCOCC3)CC2)cc1. The van der Waals surface area contributed by atoms with E-state index in [-0.39, 0.29) is 17.7 Å². The first kappa shape index (κ1) is 18.3. The van der Waals surface area contributed by atoms with Crippen LogP contribution in [0.3, 0.4) is 0 Å². The number of morpholine rings is 1. The zero-order valence-corrected chi connectivity index (χ0v) is 15.6. The fourth-order valence-electron chi connectivity index (χ4n) is 3.29. The first-order valence-corrected chi connectivity index (χ1v) is 9.96. The Bertz CT molecular complexity index is 591. The second-order valence-electron chi connectivity index (χ2n) is 6.69. The predicted octanol–water partition coefficient (Wildman–Crippen LogP) is 2.18. The number of rotatable bonds is 4. The number of ether oxygens (including phenoxy) is 1. The molecule has 2 heterocycles. The maximum atomic E-state index is 12.5. The van der Waals surface area contributed by atoms with E-state index in [1.165, 1.54) is 5.56 Å². The highest BCUT2D eigenvalue weighted by molar-refractivity contribution is 8.00. The topological polar surface area (TPSA) is 49.9 Å². The Morgan fingerprint density at radius 1 is 1.04 bits per heavy atom. The summed E-state index contributed by atoms with van der Waals surface area (Å²) >= 11 is 1.58. The zero-order chi connectivity index (χ0) is 17.6. The summed E-state index contributed by atoms with van der Waals surface area (Å²) in [4.78, 5) is 29.9. The summed E-state index contributed by atoms with van der Waals surface area (Å²) in [6.45, 7) is 6.11. The average molecular weight is 362 g/mol. The van der Waals surface area contributed by atoms with Crippen LogP contribution >= 0.6 is 11.8 Å². The van der Waals surface area contributed by atoms with Gasteiger partial charge in [-0.3, -0.25) is 9.59 Å². The number of amides is 2. The lowest BCUT2D eigenvalue weighted by Gasteiger charge is -2.35. The second-order valence-corrected chi connectivity index (χ2v) is 7.74. The Kier molecular flexibility index (Phi) is 6.37. The summed E-state index contributed by atoms with van der Waals surface area (Å²) < 4.78 is 5.31. The van der Waals surface area contributed by atoms with Crippen LogP contribution in [-0.4, -0.2) is 66.8 Å². The molecule has 25 heavy (non-hydrogen) atoms. The molecule has 2 aliphatic heterocycles. The molecule has 2 saturated heterocycles. The summed E-state index contributed by atoms with van der Waals surface area (Å²) in [5.74, 6) is 0.935. The smallest absolute Gasteiger partial charge is 0.232 e. The van der Waals surface area contributed by atoms with Gasteiger partial charge in [-0.15, -0.1) is 11.8 Å². The maximum absolute atomic E-state index is 12.5. The Morgan fingerprint density at radius 2 is 1.68 bits per heavy atom. The second kappa shape index (κ2) is 8.72. The molecule has 0 aliphatic carbocycles. The average Bonchev–Trinajstić information content (AvgIpc) is 2.67. The van der Waals surface area contributed by atoms with Gasteiger partial charge in [-0.1, -0.05) is 17.7 Å². The molecule has 0 spiro atoms. The number of piperidine rings is 1. The van der Waals surface area contributed by atoms with Gasteiger partial charge in [-0.05, 0) is 31.9 Å². The monoisotopic (exact) mass is 362 g/mol. The number of likely N-dealkylation sites (tertiary alicyclic amines) is 1. The number of nitrogens with zero attached hydrogens (tertiary/aromatic N) is 2. The molecule has 0 bridgehead atoms. The van der Waals surface area contributed by atoms with Crippen molar-refractivity contribution in [3.05, 3.63) is 29.8 Å². The summed E-state index contributed by atoms with van der Waals surface area (Å²) in [6.07, 6.45) is 1.55. The van der Waals surface area contributed by atoms with E-state index in [0.717, 1.165) is 17.7 Å². The molecular formula is C19H26N2O3S. The summed E-state index contributed by atoms with van der Waals surface area (Å²) in [6, 6.07) is 8.24. The van der Waals surface area contributed by atoms with Crippen LogP contribution in [0.1, 0.15) is 18.4 Å². The van der Waals surface area contributed by atoms with Gasteiger partial charge in [0.05, 0.1) is 19.0 Å². The van der Waals surface area contributed by atoms with Crippen molar-refractivity contribution in [3.63, 3.8) is 0 Å². The Labute approximate surface area is 153 Å². The van der Waals surface area contributed by atoms with E-state index in [2.05, 4.69) is 31.2 Å². The molecule has 2 fully saturated rings. The fraction of sp³-hybridized carbons (Fsp3) is 0.579. The first-order chi connectivity index (χ1) is 12.1. The van der Waals surface area contributed by atoms with Crippen LogP contribution < -0.4 is 0 Å². The minimum absolute atomic E-state index is 0.0619. The van der Waals surface area contributed by atoms with Gasteiger partial charge in [-0.25, -0.2) is 0 Å². The third kappa shape index (κ3) is 4.98. The number of aryl methyl sites for hydroxylation is 1. The molecule has 0 atom stereocenters. The summed E-state index contributed by atoms with van der Waals surface area (Å²) in [5.41, 5.74) is 1.22. The predicted molar refractivity (Wildman–Crippen MR) is 98.6 cm³/mol. The number of benzene rings is 1. The van der Waals surface area contributed by atoms with Crippen LogP contribution in [0.5, 0.6) is 0 Å². The van der Waals surface area contributed by atoms with Crippen molar-refractivity contribution in [2.45, 2.75) is 24.7 Å².